The molecule has 0 fully saturated rings. The van der Waals surface area contributed by atoms with Crippen molar-refractivity contribution < 1.29 is 23.7 Å². The molecule has 1 heterocycles. The van der Waals surface area contributed by atoms with E-state index in [0.717, 1.165) is 5.56 Å². The molecule has 0 saturated carbocycles. The zero-order valence-corrected chi connectivity index (χ0v) is 12.9. The lowest BCUT2D eigenvalue weighted by Gasteiger charge is -2.05. The second-order valence-electron chi connectivity index (χ2n) is 4.89. The molecule has 5 heteroatoms. The first-order chi connectivity index (χ1) is 11.2. The van der Waals surface area contributed by atoms with Gasteiger partial charge in [0.05, 0.1) is 14.2 Å². The summed E-state index contributed by atoms with van der Waals surface area (Å²) < 4.78 is 21.1. The molecule has 5 nitrogen and oxygen atoms in total. The molecule has 1 aliphatic heterocycles. The van der Waals surface area contributed by atoms with Crippen molar-refractivity contribution in [2.75, 3.05) is 21.0 Å². The first kappa shape index (κ1) is 15.0. The molecule has 23 heavy (non-hydrogen) atoms. The van der Waals surface area contributed by atoms with E-state index in [2.05, 4.69) is 0 Å². The predicted molar refractivity (Wildman–Crippen MR) is 85.5 cm³/mol. The maximum atomic E-state index is 12.2. The van der Waals surface area contributed by atoms with Crippen LogP contribution < -0.4 is 18.9 Å². The second-order valence-corrected chi connectivity index (χ2v) is 4.89. The molecule has 1 aliphatic rings. The molecule has 0 radical (unpaired) electrons. The molecule has 0 saturated heterocycles. The number of hydrogen-bond acceptors (Lipinski definition) is 5. The number of fused-ring (bicyclic) bond motifs is 1. The number of hydrogen-bond donors (Lipinski definition) is 0. The Balaban J connectivity index is 1.83. The lowest BCUT2D eigenvalue weighted by atomic mass is 10.1. The Morgan fingerprint density at radius 3 is 2.78 bits per heavy atom. The summed E-state index contributed by atoms with van der Waals surface area (Å²) in [5, 5.41) is 0. The summed E-state index contributed by atoms with van der Waals surface area (Å²) in [6, 6.07) is 10.6. The number of ketones is 1. The monoisotopic (exact) mass is 312 g/mol. The first-order valence-corrected chi connectivity index (χ1v) is 7.05. The van der Waals surface area contributed by atoms with E-state index in [9.17, 15) is 4.79 Å². The molecule has 0 unspecified atom stereocenters. The molecule has 3 rings (SSSR count). The van der Waals surface area contributed by atoms with Gasteiger partial charge in [-0.3, -0.25) is 4.79 Å². The Kier molecular flexibility index (Phi) is 4.19. The van der Waals surface area contributed by atoms with Gasteiger partial charge in [-0.1, -0.05) is 18.2 Å². The molecule has 2 aromatic carbocycles. The highest BCUT2D eigenvalue weighted by molar-refractivity contribution is 6.07. The number of methoxy groups -OCH3 is 2. The lowest BCUT2D eigenvalue weighted by molar-refractivity contribution is 0.104. The summed E-state index contributed by atoms with van der Waals surface area (Å²) in [5.74, 6) is 2.31. The Morgan fingerprint density at radius 1 is 1.13 bits per heavy atom. The number of carbonyl (C=O) groups is 1. The van der Waals surface area contributed by atoms with Gasteiger partial charge in [0, 0.05) is 5.56 Å². The molecule has 0 N–H and O–H groups in total. The molecular formula is C18H16O5. The van der Waals surface area contributed by atoms with E-state index in [1.165, 1.54) is 6.08 Å². The standard InChI is InChI=1S/C18H16O5/c1-20-14-5-3-4-13(10-14)15(19)7-6-12-8-16(21-2)18-17(9-12)22-11-23-18/h3-10H,11H2,1-2H3/b7-6+. The summed E-state index contributed by atoms with van der Waals surface area (Å²) in [6.45, 7) is 0.168. The molecule has 0 aliphatic carbocycles. The number of carbonyl (C=O) groups excluding carboxylic acids is 1. The van der Waals surface area contributed by atoms with Crippen molar-refractivity contribution in [2.45, 2.75) is 0 Å². The van der Waals surface area contributed by atoms with Gasteiger partial charge in [-0.15, -0.1) is 0 Å². The maximum Gasteiger partial charge on any atom is 0.231 e. The van der Waals surface area contributed by atoms with Crippen molar-refractivity contribution >= 4 is 11.9 Å². The molecule has 0 aromatic heterocycles. The lowest BCUT2D eigenvalue weighted by Crippen LogP contribution is -1.95. The summed E-state index contributed by atoms with van der Waals surface area (Å²) in [7, 11) is 3.13. The normalized spacial score (nSPS) is 12.4. The van der Waals surface area contributed by atoms with Crippen LogP contribution in [-0.4, -0.2) is 26.8 Å². The van der Waals surface area contributed by atoms with E-state index >= 15 is 0 Å². The van der Waals surface area contributed by atoms with Gasteiger partial charge in [0.25, 0.3) is 0 Å². The highest BCUT2D eigenvalue weighted by Gasteiger charge is 2.19. The Labute approximate surface area is 134 Å². The zero-order chi connectivity index (χ0) is 16.2. The number of benzene rings is 2. The van der Waals surface area contributed by atoms with Crippen LogP contribution in [0.5, 0.6) is 23.0 Å². The van der Waals surface area contributed by atoms with Crippen LogP contribution in [0.1, 0.15) is 15.9 Å². The van der Waals surface area contributed by atoms with E-state index in [-0.39, 0.29) is 12.6 Å². The van der Waals surface area contributed by atoms with E-state index < -0.39 is 0 Å². The van der Waals surface area contributed by atoms with Crippen molar-refractivity contribution in [3.63, 3.8) is 0 Å². The Bertz CT molecular complexity index is 764. The van der Waals surface area contributed by atoms with Gasteiger partial charge >= 0.3 is 0 Å². The SMILES string of the molecule is COc1cccc(C(=O)/C=C/c2cc(OC)c3c(c2)OCO3)c1. The fraction of sp³-hybridized carbons (Fsp3) is 0.167. The van der Waals surface area contributed by atoms with Gasteiger partial charge in [-0.2, -0.15) is 0 Å². The van der Waals surface area contributed by atoms with Crippen molar-refractivity contribution in [1.29, 1.82) is 0 Å². The van der Waals surface area contributed by atoms with Crippen LogP contribution >= 0.6 is 0 Å². The number of allylic oxidation sites excluding steroid dienone is 1. The van der Waals surface area contributed by atoms with E-state index in [1.54, 1.807) is 56.7 Å². The fourth-order valence-electron chi connectivity index (χ4n) is 2.29. The minimum Gasteiger partial charge on any atom is -0.497 e. The molecule has 0 bridgehead atoms. The van der Waals surface area contributed by atoms with Gasteiger partial charge in [0.15, 0.2) is 17.3 Å². The van der Waals surface area contributed by atoms with Crippen LogP contribution in [-0.2, 0) is 0 Å². The van der Waals surface area contributed by atoms with Crippen LogP contribution in [0.15, 0.2) is 42.5 Å². The van der Waals surface area contributed by atoms with Crippen molar-refractivity contribution in [2.24, 2.45) is 0 Å². The van der Waals surface area contributed by atoms with Gasteiger partial charge in [0.1, 0.15) is 5.75 Å². The maximum absolute atomic E-state index is 12.2. The third-order valence-corrected chi connectivity index (χ3v) is 3.46. The fourth-order valence-corrected chi connectivity index (χ4v) is 2.29. The Hall–Kier alpha value is -2.95. The second kappa shape index (κ2) is 6.44. The third-order valence-electron chi connectivity index (χ3n) is 3.46. The molecule has 118 valence electrons. The first-order valence-electron chi connectivity index (χ1n) is 7.05. The molecular weight excluding hydrogens is 296 g/mol. The molecule has 0 spiro atoms. The summed E-state index contributed by atoms with van der Waals surface area (Å²) in [6.07, 6.45) is 3.22. The predicted octanol–water partition coefficient (Wildman–Crippen LogP) is 3.33. The summed E-state index contributed by atoms with van der Waals surface area (Å²) in [4.78, 5) is 12.2. The summed E-state index contributed by atoms with van der Waals surface area (Å²) >= 11 is 0. The van der Waals surface area contributed by atoms with Gasteiger partial charge < -0.3 is 18.9 Å². The van der Waals surface area contributed by atoms with Crippen molar-refractivity contribution in [3.05, 3.63) is 53.6 Å². The van der Waals surface area contributed by atoms with E-state index in [4.69, 9.17) is 18.9 Å². The minimum atomic E-state index is -0.111. The Morgan fingerprint density at radius 2 is 2.00 bits per heavy atom. The van der Waals surface area contributed by atoms with Crippen LogP contribution in [0.25, 0.3) is 6.08 Å². The van der Waals surface area contributed by atoms with Crippen LogP contribution in [0.3, 0.4) is 0 Å². The van der Waals surface area contributed by atoms with E-state index in [1.807, 2.05) is 0 Å². The average molecular weight is 312 g/mol. The molecule has 0 atom stereocenters. The van der Waals surface area contributed by atoms with Crippen molar-refractivity contribution in [3.8, 4) is 23.0 Å². The molecule has 0 amide bonds. The highest BCUT2D eigenvalue weighted by Crippen LogP contribution is 2.42. The number of ether oxygens (including phenoxy) is 4. The van der Waals surface area contributed by atoms with Crippen LogP contribution in [0.4, 0.5) is 0 Å². The largest absolute Gasteiger partial charge is 0.497 e. The quantitative estimate of drug-likeness (QED) is 0.626. The highest BCUT2D eigenvalue weighted by atomic mass is 16.7. The van der Waals surface area contributed by atoms with Crippen LogP contribution in [0, 0.1) is 0 Å². The minimum absolute atomic E-state index is 0.111. The third kappa shape index (κ3) is 3.13. The van der Waals surface area contributed by atoms with Crippen LogP contribution in [0.2, 0.25) is 0 Å². The zero-order valence-electron chi connectivity index (χ0n) is 12.9. The smallest absolute Gasteiger partial charge is 0.231 e. The van der Waals surface area contributed by atoms with E-state index in [0.29, 0.717) is 28.6 Å². The topological polar surface area (TPSA) is 54.0 Å². The number of rotatable bonds is 5. The summed E-state index contributed by atoms with van der Waals surface area (Å²) in [5.41, 5.74) is 1.36. The average Bonchev–Trinajstić information content (AvgIpc) is 3.07. The van der Waals surface area contributed by atoms with Gasteiger partial charge in [-0.05, 0) is 35.9 Å². The van der Waals surface area contributed by atoms with Crippen molar-refractivity contribution in [1.82, 2.24) is 0 Å². The molecule has 2 aromatic rings. The van der Waals surface area contributed by atoms with Gasteiger partial charge in [0.2, 0.25) is 12.5 Å². The van der Waals surface area contributed by atoms with Gasteiger partial charge in [-0.25, -0.2) is 0 Å².